The number of rotatable bonds is 5. The zero-order valence-electron chi connectivity index (χ0n) is 16.6. The van der Waals surface area contributed by atoms with E-state index in [1.807, 2.05) is 6.07 Å². The number of carbonyl (C=O) groups excluding carboxylic acids is 1. The number of nitrogens with two attached hydrogens (primary N) is 1. The number of ether oxygens (including phenoxy) is 2. The first-order valence-electron chi connectivity index (χ1n) is 9.24. The molecule has 1 heterocycles. The zero-order chi connectivity index (χ0) is 22.3. The Morgan fingerprint density at radius 1 is 1.06 bits per heavy atom. The first kappa shape index (κ1) is 21.1. The second kappa shape index (κ2) is 7.84. The fourth-order valence-corrected chi connectivity index (χ4v) is 4.25. The molecule has 1 aromatic heterocycles. The van der Waals surface area contributed by atoms with Crippen LogP contribution in [0, 0.1) is 0 Å². The molecule has 10 heteroatoms. The van der Waals surface area contributed by atoms with Gasteiger partial charge in [-0.15, -0.1) is 0 Å². The minimum atomic E-state index is -3.84. The van der Waals surface area contributed by atoms with Gasteiger partial charge in [-0.2, -0.15) is 5.10 Å². The van der Waals surface area contributed by atoms with Crippen molar-refractivity contribution in [2.24, 2.45) is 5.14 Å². The van der Waals surface area contributed by atoms with Crippen molar-refractivity contribution in [3.63, 3.8) is 0 Å². The van der Waals surface area contributed by atoms with E-state index in [0.717, 1.165) is 5.39 Å². The monoisotopic (exact) mass is 459 g/mol. The highest BCUT2D eigenvalue weighted by Gasteiger charge is 2.22. The van der Waals surface area contributed by atoms with Crippen molar-refractivity contribution in [3.05, 3.63) is 59.2 Å². The standard InChI is InChI=1S/C21H18ClN3O5S/c1-3-30-21(26)19-16-9-8-14-15(10-11-17(29-2)18(14)22)20(16)25(24-19)12-4-6-13(7-5-12)31(23,27)28/h4-11H,3H2,1-2H3,(H2,23,27,28). The van der Waals surface area contributed by atoms with Crippen molar-refractivity contribution in [1.82, 2.24) is 9.78 Å². The summed E-state index contributed by atoms with van der Waals surface area (Å²) < 4.78 is 35.2. The largest absolute Gasteiger partial charge is 0.495 e. The van der Waals surface area contributed by atoms with Crippen molar-refractivity contribution in [3.8, 4) is 11.4 Å². The second-order valence-corrected chi connectivity index (χ2v) is 8.60. The third-order valence-electron chi connectivity index (χ3n) is 4.84. The van der Waals surface area contributed by atoms with Gasteiger partial charge in [0.1, 0.15) is 5.75 Å². The van der Waals surface area contributed by atoms with Crippen molar-refractivity contribution < 1.29 is 22.7 Å². The number of primary sulfonamides is 1. The number of carbonyl (C=O) groups is 1. The van der Waals surface area contributed by atoms with E-state index in [0.29, 0.717) is 32.7 Å². The molecule has 0 fully saturated rings. The second-order valence-electron chi connectivity index (χ2n) is 6.66. The Balaban J connectivity index is 2.05. The van der Waals surface area contributed by atoms with Gasteiger partial charge in [0, 0.05) is 16.2 Å². The lowest BCUT2D eigenvalue weighted by Crippen LogP contribution is -2.12. The fraction of sp³-hybridized carbons (Fsp3) is 0.143. The van der Waals surface area contributed by atoms with Crippen LogP contribution >= 0.6 is 11.6 Å². The highest BCUT2D eigenvalue weighted by molar-refractivity contribution is 7.89. The predicted molar refractivity (Wildman–Crippen MR) is 117 cm³/mol. The fourth-order valence-electron chi connectivity index (χ4n) is 3.43. The lowest BCUT2D eigenvalue weighted by Gasteiger charge is -2.10. The van der Waals surface area contributed by atoms with Gasteiger partial charge in [0.15, 0.2) is 5.69 Å². The molecule has 0 spiro atoms. The molecule has 0 radical (unpaired) electrons. The van der Waals surface area contributed by atoms with Crippen molar-refractivity contribution in [2.45, 2.75) is 11.8 Å². The Labute approximate surface area is 183 Å². The SMILES string of the molecule is CCOC(=O)c1nn(-c2ccc(S(N)(=O)=O)cc2)c2c1ccc1c(Cl)c(OC)ccc12. The molecule has 0 saturated heterocycles. The number of nitrogens with zero attached hydrogens (tertiary/aromatic N) is 2. The highest BCUT2D eigenvalue weighted by atomic mass is 35.5. The van der Waals surface area contributed by atoms with Gasteiger partial charge < -0.3 is 9.47 Å². The minimum Gasteiger partial charge on any atom is -0.495 e. The summed E-state index contributed by atoms with van der Waals surface area (Å²) in [7, 11) is -2.31. The van der Waals surface area contributed by atoms with E-state index < -0.39 is 16.0 Å². The van der Waals surface area contributed by atoms with E-state index in [-0.39, 0.29) is 17.2 Å². The van der Waals surface area contributed by atoms with Crippen molar-refractivity contribution >= 4 is 49.3 Å². The summed E-state index contributed by atoms with van der Waals surface area (Å²) >= 11 is 6.50. The number of hydrogen-bond donors (Lipinski definition) is 1. The number of sulfonamides is 1. The van der Waals surface area contributed by atoms with Crippen molar-refractivity contribution in [2.75, 3.05) is 13.7 Å². The van der Waals surface area contributed by atoms with Crippen LogP contribution in [0.25, 0.3) is 27.4 Å². The molecule has 8 nitrogen and oxygen atoms in total. The molecule has 31 heavy (non-hydrogen) atoms. The molecule has 0 unspecified atom stereocenters. The summed E-state index contributed by atoms with van der Waals surface area (Å²) in [5.74, 6) is -0.0472. The Bertz CT molecular complexity index is 1430. The molecule has 3 aromatic carbocycles. The summed E-state index contributed by atoms with van der Waals surface area (Å²) in [5, 5.41) is 12.1. The molecule has 0 aliphatic heterocycles. The van der Waals surface area contributed by atoms with Crippen LogP contribution in [-0.2, 0) is 14.8 Å². The van der Waals surface area contributed by atoms with Gasteiger partial charge >= 0.3 is 5.97 Å². The van der Waals surface area contributed by atoms with Crippen LogP contribution in [0.15, 0.2) is 53.4 Å². The first-order valence-corrected chi connectivity index (χ1v) is 11.2. The summed E-state index contributed by atoms with van der Waals surface area (Å²) in [5.41, 5.74) is 1.29. The molecular formula is C21H18ClN3O5S. The molecule has 0 atom stereocenters. The number of aromatic nitrogens is 2. The Kier molecular flexibility index (Phi) is 5.34. The van der Waals surface area contributed by atoms with Gasteiger partial charge in [-0.1, -0.05) is 17.7 Å². The number of benzene rings is 3. The van der Waals surface area contributed by atoms with Gasteiger partial charge in [-0.3, -0.25) is 0 Å². The predicted octanol–water partition coefficient (Wildman–Crippen LogP) is 3.66. The normalized spacial score (nSPS) is 11.7. The molecule has 0 bridgehead atoms. The maximum atomic E-state index is 12.6. The quantitative estimate of drug-likeness (QED) is 0.455. The van der Waals surface area contributed by atoms with E-state index in [9.17, 15) is 13.2 Å². The van der Waals surface area contributed by atoms with Gasteiger partial charge in [0.05, 0.1) is 34.8 Å². The average Bonchev–Trinajstić information content (AvgIpc) is 3.14. The van der Waals surface area contributed by atoms with E-state index in [1.165, 1.54) is 19.2 Å². The molecule has 0 saturated carbocycles. The topological polar surface area (TPSA) is 114 Å². The number of fused-ring (bicyclic) bond motifs is 3. The zero-order valence-corrected chi connectivity index (χ0v) is 18.2. The Hall–Kier alpha value is -3.14. The number of halogens is 1. The van der Waals surface area contributed by atoms with E-state index in [4.69, 9.17) is 26.2 Å². The molecule has 0 amide bonds. The number of esters is 1. The van der Waals surface area contributed by atoms with Crippen LogP contribution in [0.4, 0.5) is 0 Å². The maximum Gasteiger partial charge on any atom is 0.359 e. The van der Waals surface area contributed by atoms with Gasteiger partial charge in [0.25, 0.3) is 0 Å². The summed E-state index contributed by atoms with van der Waals surface area (Å²) in [6, 6.07) is 13.0. The van der Waals surface area contributed by atoms with Crippen LogP contribution in [0.3, 0.4) is 0 Å². The third-order valence-corrected chi connectivity index (χ3v) is 6.16. The van der Waals surface area contributed by atoms with Crippen LogP contribution in [0.1, 0.15) is 17.4 Å². The van der Waals surface area contributed by atoms with Gasteiger partial charge in [0.2, 0.25) is 10.0 Å². The third kappa shape index (κ3) is 3.60. The molecule has 4 rings (SSSR count). The lowest BCUT2D eigenvalue weighted by molar-refractivity contribution is 0.0521. The molecular weight excluding hydrogens is 442 g/mol. The van der Waals surface area contributed by atoms with Crippen LogP contribution in [-0.4, -0.2) is 37.9 Å². The summed E-state index contributed by atoms with van der Waals surface area (Å²) in [4.78, 5) is 12.5. The highest BCUT2D eigenvalue weighted by Crippen LogP contribution is 2.38. The van der Waals surface area contributed by atoms with Crippen LogP contribution < -0.4 is 9.88 Å². The first-order chi connectivity index (χ1) is 14.8. The van der Waals surface area contributed by atoms with E-state index >= 15 is 0 Å². The lowest BCUT2D eigenvalue weighted by atomic mass is 10.1. The maximum absolute atomic E-state index is 12.6. The smallest absolute Gasteiger partial charge is 0.359 e. The van der Waals surface area contributed by atoms with Gasteiger partial charge in [-0.05, 0) is 49.4 Å². The number of hydrogen-bond acceptors (Lipinski definition) is 6. The van der Waals surface area contributed by atoms with Gasteiger partial charge in [-0.25, -0.2) is 23.0 Å². The molecule has 0 aliphatic carbocycles. The summed E-state index contributed by atoms with van der Waals surface area (Å²) in [6.45, 7) is 1.91. The minimum absolute atomic E-state index is 0.0315. The number of methoxy groups -OCH3 is 1. The average molecular weight is 460 g/mol. The molecule has 2 N–H and O–H groups in total. The molecule has 0 aliphatic rings. The van der Waals surface area contributed by atoms with E-state index in [2.05, 4.69) is 5.10 Å². The molecule has 4 aromatic rings. The molecule has 160 valence electrons. The van der Waals surface area contributed by atoms with E-state index in [1.54, 1.807) is 41.9 Å². The van der Waals surface area contributed by atoms with Crippen molar-refractivity contribution in [1.29, 1.82) is 0 Å². The Morgan fingerprint density at radius 3 is 2.32 bits per heavy atom. The van der Waals surface area contributed by atoms with Crippen LogP contribution in [0.2, 0.25) is 5.02 Å². The summed E-state index contributed by atoms with van der Waals surface area (Å²) in [6.07, 6.45) is 0. The van der Waals surface area contributed by atoms with Crippen LogP contribution in [0.5, 0.6) is 5.75 Å². The Morgan fingerprint density at radius 2 is 1.71 bits per heavy atom.